The van der Waals surface area contributed by atoms with Gasteiger partial charge in [-0.05, 0) is 22.3 Å². The number of hydrogen-bond donors (Lipinski definition) is 3. The molecule has 9 nitrogen and oxygen atoms in total. The minimum atomic E-state index is -1.06. The van der Waals surface area contributed by atoms with Crippen molar-refractivity contribution in [3.8, 4) is 11.1 Å². The molecule has 5 rings (SSSR count). The topological polar surface area (TPSA) is 131 Å². The van der Waals surface area contributed by atoms with Gasteiger partial charge in [0.2, 0.25) is 0 Å². The number of fused-ring (bicyclic) bond motifs is 3. The Morgan fingerprint density at radius 1 is 0.914 bits per heavy atom. The van der Waals surface area contributed by atoms with Crippen LogP contribution < -0.4 is 10.6 Å². The van der Waals surface area contributed by atoms with Crippen molar-refractivity contribution < 1.29 is 24.2 Å². The van der Waals surface area contributed by atoms with Gasteiger partial charge in [-0.25, -0.2) is 19.6 Å². The molecule has 0 spiro atoms. The number of benzene rings is 2. The Labute approximate surface area is 207 Å². The summed E-state index contributed by atoms with van der Waals surface area (Å²) in [4.78, 5) is 44.1. The number of amides is 2. The van der Waals surface area contributed by atoms with Crippen LogP contribution in [0.4, 0.5) is 9.93 Å². The minimum absolute atomic E-state index is 0.0571. The first-order valence-electron chi connectivity index (χ1n) is 10.5. The van der Waals surface area contributed by atoms with E-state index in [1.807, 2.05) is 36.4 Å². The van der Waals surface area contributed by atoms with E-state index in [4.69, 9.17) is 9.84 Å². The molecule has 1 aliphatic carbocycles. The van der Waals surface area contributed by atoms with Crippen LogP contribution in [0.1, 0.15) is 41.4 Å². The molecule has 0 radical (unpaired) electrons. The van der Waals surface area contributed by atoms with Gasteiger partial charge in [0, 0.05) is 5.92 Å². The Morgan fingerprint density at radius 2 is 1.57 bits per heavy atom. The maximum Gasteiger partial charge on any atom is 0.413 e. The standard InChI is InChI=1S/C24H18N4O5S2/c29-21(26-11-20-25-10-19(34-20)22(30)31)18-9-27-23(35-18)28-24(32)33-12-17-15-7-3-1-5-13(15)14-6-2-4-8-16(14)17/h1-10,17H,11-12H2,(H,26,29)(H,30,31)(H,27,28,32). The number of aromatic nitrogens is 2. The molecule has 176 valence electrons. The number of ether oxygens (including phenoxy) is 1. The quantitative estimate of drug-likeness (QED) is 0.334. The average molecular weight is 507 g/mol. The lowest BCUT2D eigenvalue weighted by atomic mass is 9.98. The minimum Gasteiger partial charge on any atom is -0.477 e. The highest BCUT2D eigenvalue weighted by Gasteiger charge is 2.29. The molecule has 0 bridgehead atoms. The first-order valence-corrected chi connectivity index (χ1v) is 12.2. The predicted octanol–water partition coefficient (Wildman–Crippen LogP) is 4.59. The van der Waals surface area contributed by atoms with Crippen LogP contribution >= 0.6 is 22.7 Å². The zero-order valence-electron chi connectivity index (χ0n) is 18.1. The Kier molecular flexibility index (Phi) is 6.25. The van der Waals surface area contributed by atoms with Crippen LogP contribution in [0.15, 0.2) is 60.9 Å². The number of aromatic carboxylic acids is 1. The maximum absolute atomic E-state index is 12.4. The number of nitrogens with zero attached hydrogens (tertiary/aromatic N) is 2. The first kappa shape index (κ1) is 22.7. The average Bonchev–Trinajstić information content (AvgIpc) is 3.59. The molecule has 0 saturated carbocycles. The molecule has 11 heteroatoms. The van der Waals surface area contributed by atoms with Gasteiger partial charge in [0.1, 0.15) is 21.4 Å². The number of hydrogen-bond acceptors (Lipinski definition) is 8. The Hall–Kier alpha value is -4.09. The summed E-state index contributed by atoms with van der Waals surface area (Å²) in [5.74, 6) is -1.53. The Morgan fingerprint density at radius 3 is 2.23 bits per heavy atom. The van der Waals surface area contributed by atoms with E-state index in [0.717, 1.165) is 44.9 Å². The van der Waals surface area contributed by atoms with Crippen molar-refractivity contribution in [1.82, 2.24) is 15.3 Å². The van der Waals surface area contributed by atoms with Crippen molar-refractivity contribution in [3.63, 3.8) is 0 Å². The van der Waals surface area contributed by atoms with E-state index in [1.165, 1.54) is 12.4 Å². The lowest BCUT2D eigenvalue weighted by molar-refractivity contribution is 0.0701. The summed E-state index contributed by atoms with van der Waals surface area (Å²) < 4.78 is 5.50. The molecule has 1 aliphatic rings. The zero-order chi connectivity index (χ0) is 24.4. The number of carboxylic acids is 1. The molecule has 2 aromatic carbocycles. The molecule has 0 aliphatic heterocycles. The molecule has 0 saturated heterocycles. The van der Waals surface area contributed by atoms with Crippen molar-refractivity contribution in [2.45, 2.75) is 12.5 Å². The highest BCUT2D eigenvalue weighted by Crippen LogP contribution is 2.44. The van der Waals surface area contributed by atoms with E-state index in [-0.39, 0.29) is 34.0 Å². The summed E-state index contributed by atoms with van der Waals surface area (Å²) in [6.45, 7) is 0.258. The van der Waals surface area contributed by atoms with Gasteiger partial charge in [0.15, 0.2) is 5.13 Å². The van der Waals surface area contributed by atoms with Crippen molar-refractivity contribution in [3.05, 3.63) is 86.8 Å². The van der Waals surface area contributed by atoms with Crippen LogP contribution in [0.2, 0.25) is 0 Å². The van der Waals surface area contributed by atoms with E-state index >= 15 is 0 Å². The Balaban J connectivity index is 1.16. The van der Waals surface area contributed by atoms with Crippen LogP contribution in [0.5, 0.6) is 0 Å². The number of anilines is 1. The monoisotopic (exact) mass is 506 g/mol. The fourth-order valence-electron chi connectivity index (χ4n) is 3.89. The van der Waals surface area contributed by atoms with Crippen molar-refractivity contribution >= 4 is 45.8 Å². The Bertz CT molecular complexity index is 1390. The number of thiazole rings is 2. The molecule has 35 heavy (non-hydrogen) atoms. The smallest absolute Gasteiger partial charge is 0.413 e. The highest BCUT2D eigenvalue weighted by atomic mass is 32.1. The third kappa shape index (κ3) is 4.77. The number of carbonyl (C=O) groups is 3. The lowest BCUT2D eigenvalue weighted by Crippen LogP contribution is -2.21. The molecule has 0 unspecified atom stereocenters. The van der Waals surface area contributed by atoms with Gasteiger partial charge in [-0.2, -0.15) is 0 Å². The summed E-state index contributed by atoms with van der Waals surface area (Å²) in [6.07, 6.45) is 1.94. The zero-order valence-corrected chi connectivity index (χ0v) is 19.7. The second-order valence-electron chi connectivity index (χ2n) is 7.59. The van der Waals surface area contributed by atoms with Crippen LogP contribution in [-0.4, -0.2) is 39.7 Å². The number of rotatable bonds is 7. The molecule has 0 fully saturated rings. The molecule has 2 aromatic heterocycles. The summed E-state index contributed by atoms with van der Waals surface area (Å²) >= 11 is 1.99. The molecular formula is C24H18N4O5S2. The van der Waals surface area contributed by atoms with Gasteiger partial charge < -0.3 is 15.2 Å². The fraction of sp³-hybridized carbons (Fsp3) is 0.125. The van der Waals surface area contributed by atoms with Crippen LogP contribution in [0.3, 0.4) is 0 Å². The summed E-state index contributed by atoms with van der Waals surface area (Å²) in [5, 5.41) is 14.9. The van der Waals surface area contributed by atoms with Crippen LogP contribution in [0.25, 0.3) is 11.1 Å². The first-order chi connectivity index (χ1) is 17.0. The van der Waals surface area contributed by atoms with E-state index in [1.54, 1.807) is 0 Å². The van der Waals surface area contributed by atoms with E-state index in [2.05, 4.69) is 32.7 Å². The maximum atomic E-state index is 12.4. The van der Waals surface area contributed by atoms with Gasteiger partial charge in [-0.3, -0.25) is 10.1 Å². The lowest BCUT2D eigenvalue weighted by Gasteiger charge is -2.14. The largest absolute Gasteiger partial charge is 0.477 e. The normalized spacial score (nSPS) is 12.0. The SMILES string of the molecule is O=C(Nc1ncc(C(=O)NCc2ncc(C(=O)O)s2)s1)OCC1c2ccccc2-c2ccccc21. The van der Waals surface area contributed by atoms with Gasteiger partial charge in [0.05, 0.1) is 18.9 Å². The molecular weight excluding hydrogens is 488 g/mol. The number of carboxylic acid groups (broad SMARTS) is 1. The van der Waals surface area contributed by atoms with Gasteiger partial charge >= 0.3 is 12.1 Å². The third-order valence-corrected chi connectivity index (χ3v) is 7.34. The van der Waals surface area contributed by atoms with Crippen LogP contribution in [-0.2, 0) is 11.3 Å². The van der Waals surface area contributed by atoms with Crippen molar-refractivity contribution in [1.29, 1.82) is 0 Å². The second-order valence-corrected chi connectivity index (χ2v) is 9.73. The third-order valence-electron chi connectivity index (χ3n) is 5.45. The summed E-state index contributed by atoms with van der Waals surface area (Å²) in [7, 11) is 0. The van der Waals surface area contributed by atoms with Gasteiger partial charge in [-0.1, -0.05) is 59.9 Å². The summed E-state index contributed by atoms with van der Waals surface area (Å²) in [6, 6.07) is 16.1. The fourth-order valence-corrected chi connectivity index (χ4v) is 5.31. The molecule has 4 aromatic rings. The number of nitrogens with one attached hydrogen (secondary N) is 2. The van der Waals surface area contributed by atoms with E-state index in [0.29, 0.717) is 5.01 Å². The number of carbonyl (C=O) groups excluding carboxylic acids is 2. The molecule has 2 heterocycles. The van der Waals surface area contributed by atoms with Crippen molar-refractivity contribution in [2.24, 2.45) is 0 Å². The van der Waals surface area contributed by atoms with E-state index < -0.39 is 18.0 Å². The predicted molar refractivity (Wildman–Crippen MR) is 131 cm³/mol. The molecule has 3 N–H and O–H groups in total. The molecule has 2 amide bonds. The van der Waals surface area contributed by atoms with E-state index in [9.17, 15) is 14.4 Å². The second kappa shape index (κ2) is 9.65. The highest BCUT2D eigenvalue weighted by molar-refractivity contribution is 7.17. The van der Waals surface area contributed by atoms with Gasteiger partial charge in [-0.15, -0.1) is 11.3 Å². The van der Waals surface area contributed by atoms with Crippen LogP contribution in [0, 0.1) is 0 Å². The summed E-state index contributed by atoms with van der Waals surface area (Å²) in [5.41, 5.74) is 4.52. The molecule has 0 atom stereocenters. The van der Waals surface area contributed by atoms with Crippen molar-refractivity contribution in [2.75, 3.05) is 11.9 Å². The van der Waals surface area contributed by atoms with Gasteiger partial charge in [0.25, 0.3) is 5.91 Å².